The van der Waals surface area contributed by atoms with Crippen LogP contribution < -0.4 is 5.56 Å². The second-order valence-corrected chi connectivity index (χ2v) is 6.01. The molecule has 0 fully saturated rings. The molecule has 0 aliphatic heterocycles. The number of pyridine rings is 2. The Morgan fingerprint density at radius 2 is 1.85 bits per heavy atom. The summed E-state index contributed by atoms with van der Waals surface area (Å²) in [6, 6.07) is 9.71. The van der Waals surface area contributed by atoms with Gasteiger partial charge in [0, 0.05) is 11.6 Å². The lowest BCUT2D eigenvalue weighted by Gasteiger charge is -2.14. The van der Waals surface area contributed by atoms with Crippen molar-refractivity contribution >= 4 is 33.4 Å². The molecule has 9 heteroatoms. The molecule has 5 nitrogen and oxygen atoms in total. The third kappa shape index (κ3) is 2.62. The van der Waals surface area contributed by atoms with Crippen LogP contribution in [0.5, 0.6) is 0 Å². The number of hydrogen-bond donors (Lipinski definition) is 0. The van der Waals surface area contributed by atoms with Gasteiger partial charge < -0.3 is 0 Å². The minimum absolute atomic E-state index is 0.0767. The van der Waals surface area contributed by atoms with Crippen molar-refractivity contribution in [2.24, 2.45) is 0 Å². The van der Waals surface area contributed by atoms with E-state index < -0.39 is 18.3 Å². The zero-order valence-electron chi connectivity index (χ0n) is 13.0. The van der Waals surface area contributed by atoms with Crippen LogP contribution in [0.2, 0.25) is 5.15 Å². The van der Waals surface area contributed by atoms with Gasteiger partial charge >= 0.3 is 6.18 Å². The SMILES string of the molecule is O=c1c2cnn(-c3cccnc3Cl)c2c2ccccc2n1CC(F)(F)F. The first-order chi connectivity index (χ1) is 12.4. The van der Waals surface area contributed by atoms with Crippen LogP contribution in [0.4, 0.5) is 13.2 Å². The summed E-state index contributed by atoms with van der Waals surface area (Å²) >= 11 is 6.12. The monoisotopic (exact) mass is 378 g/mol. The predicted molar refractivity (Wildman–Crippen MR) is 91.7 cm³/mol. The highest BCUT2D eigenvalue weighted by Gasteiger charge is 2.30. The highest BCUT2D eigenvalue weighted by molar-refractivity contribution is 6.31. The number of aromatic nitrogens is 4. The molecule has 0 saturated heterocycles. The van der Waals surface area contributed by atoms with Crippen LogP contribution in [0.25, 0.3) is 27.5 Å². The normalized spacial score (nSPS) is 12.2. The standard InChI is InChI=1S/C17H10ClF3N4O/c18-15-13(6-3-7-22-15)25-14-10-4-1-2-5-12(10)24(9-17(19,20)21)16(26)11(14)8-23-25/h1-8H,9H2. The van der Waals surface area contributed by atoms with Gasteiger partial charge in [0.2, 0.25) is 0 Å². The molecule has 4 rings (SSSR count). The van der Waals surface area contributed by atoms with Gasteiger partial charge in [-0.05, 0) is 18.2 Å². The lowest BCUT2D eigenvalue weighted by molar-refractivity contribution is -0.140. The summed E-state index contributed by atoms with van der Waals surface area (Å²) in [4.78, 5) is 16.7. The van der Waals surface area contributed by atoms with E-state index in [1.54, 1.807) is 30.3 Å². The van der Waals surface area contributed by atoms with Gasteiger partial charge in [-0.25, -0.2) is 9.67 Å². The van der Waals surface area contributed by atoms with Crippen LogP contribution in [-0.2, 0) is 6.54 Å². The molecule has 0 N–H and O–H groups in total. The van der Waals surface area contributed by atoms with Gasteiger partial charge in [0.1, 0.15) is 12.2 Å². The molecule has 0 radical (unpaired) electrons. The zero-order chi connectivity index (χ0) is 18.5. The summed E-state index contributed by atoms with van der Waals surface area (Å²) in [5, 5.41) is 4.88. The number of hydrogen-bond acceptors (Lipinski definition) is 3. The number of fused-ring (bicyclic) bond motifs is 3. The predicted octanol–water partition coefficient (Wildman–Crippen LogP) is 3.95. The van der Waals surface area contributed by atoms with E-state index in [4.69, 9.17) is 11.6 Å². The Balaban J connectivity index is 2.13. The van der Waals surface area contributed by atoms with Gasteiger partial charge in [-0.15, -0.1) is 0 Å². The first-order valence-electron chi connectivity index (χ1n) is 7.54. The van der Waals surface area contributed by atoms with Gasteiger partial charge in [-0.2, -0.15) is 18.3 Å². The van der Waals surface area contributed by atoms with Crippen LogP contribution in [0.15, 0.2) is 53.6 Å². The van der Waals surface area contributed by atoms with E-state index in [1.165, 1.54) is 23.1 Å². The van der Waals surface area contributed by atoms with Crippen LogP contribution >= 0.6 is 11.6 Å². The third-order valence-electron chi connectivity index (χ3n) is 4.00. The molecule has 0 saturated carbocycles. The van der Waals surface area contributed by atoms with Gasteiger partial charge in [0.05, 0.1) is 22.6 Å². The number of para-hydroxylation sites is 1. The summed E-state index contributed by atoms with van der Waals surface area (Å²) < 4.78 is 41.0. The average molecular weight is 379 g/mol. The Hall–Kier alpha value is -2.87. The van der Waals surface area contributed by atoms with E-state index in [-0.39, 0.29) is 16.1 Å². The van der Waals surface area contributed by atoms with Gasteiger partial charge in [0.15, 0.2) is 5.15 Å². The fraction of sp³-hybridized carbons (Fsp3) is 0.118. The Labute approximate surface area is 149 Å². The van der Waals surface area contributed by atoms with Crippen molar-refractivity contribution in [2.75, 3.05) is 0 Å². The fourth-order valence-corrected chi connectivity index (χ4v) is 3.18. The van der Waals surface area contributed by atoms with Gasteiger partial charge in [-0.3, -0.25) is 9.36 Å². The molecule has 3 aromatic heterocycles. The maximum absolute atomic E-state index is 13.0. The molecule has 0 amide bonds. The zero-order valence-corrected chi connectivity index (χ0v) is 13.8. The Morgan fingerprint density at radius 1 is 1.08 bits per heavy atom. The Kier molecular flexibility index (Phi) is 3.73. The van der Waals surface area contributed by atoms with E-state index in [2.05, 4.69) is 10.1 Å². The van der Waals surface area contributed by atoms with Gasteiger partial charge in [0.25, 0.3) is 5.56 Å². The molecule has 132 valence electrons. The minimum Gasteiger partial charge on any atom is -0.298 e. The maximum Gasteiger partial charge on any atom is 0.406 e. The first kappa shape index (κ1) is 16.6. The average Bonchev–Trinajstić information content (AvgIpc) is 3.03. The second kappa shape index (κ2) is 5.84. The van der Waals surface area contributed by atoms with Crippen molar-refractivity contribution in [3.8, 4) is 5.69 Å². The smallest absolute Gasteiger partial charge is 0.298 e. The molecule has 26 heavy (non-hydrogen) atoms. The first-order valence-corrected chi connectivity index (χ1v) is 7.91. The van der Waals surface area contributed by atoms with E-state index in [0.29, 0.717) is 21.2 Å². The summed E-state index contributed by atoms with van der Waals surface area (Å²) in [6.07, 6.45) is -1.77. The number of benzene rings is 1. The molecular formula is C17H10ClF3N4O. The molecule has 0 atom stereocenters. The van der Waals surface area contributed by atoms with E-state index in [1.807, 2.05) is 0 Å². The van der Waals surface area contributed by atoms with E-state index >= 15 is 0 Å². The highest BCUT2D eigenvalue weighted by atomic mass is 35.5. The van der Waals surface area contributed by atoms with Crippen molar-refractivity contribution in [3.05, 3.63) is 64.3 Å². The van der Waals surface area contributed by atoms with Crippen LogP contribution in [-0.4, -0.2) is 25.5 Å². The van der Waals surface area contributed by atoms with Crippen molar-refractivity contribution in [1.29, 1.82) is 0 Å². The molecule has 1 aromatic carbocycles. The van der Waals surface area contributed by atoms with Crippen LogP contribution in [0, 0.1) is 0 Å². The molecule has 0 unspecified atom stereocenters. The number of alkyl halides is 3. The quantitative estimate of drug-likeness (QED) is 0.496. The summed E-state index contributed by atoms with van der Waals surface area (Å²) in [6.45, 7) is -1.37. The second-order valence-electron chi connectivity index (χ2n) is 5.66. The summed E-state index contributed by atoms with van der Waals surface area (Å²) in [5.74, 6) is 0. The largest absolute Gasteiger partial charge is 0.406 e. The van der Waals surface area contributed by atoms with Crippen molar-refractivity contribution < 1.29 is 13.2 Å². The van der Waals surface area contributed by atoms with Crippen molar-refractivity contribution in [1.82, 2.24) is 19.3 Å². The molecule has 0 bridgehead atoms. The Morgan fingerprint density at radius 3 is 2.58 bits per heavy atom. The van der Waals surface area contributed by atoms with Crippen molar-refractivity contribution in [2.45, 2.75) is 12.7 Å². The van der Waals surface area contributed by atoms with E-state index in [0.717, 1.165) is 0 Å². The highest BCUT2D eigenvalue weighted by Crippen LogP contribution is 2.28. The van der Waals surface area contributed by atoms with Crippen molar-refractivity contribution in [3.63, 3.8) is 0 Å². The lowest BCUT2D eigenvalue weighted by atomic mass is 10.1. The molecule has 4 aromatic rings. The number of halogens is 4. The molecule has 3 heterocycles. The topological polar surface area (TPSA) is 52.7 Å². The molecule has 0 spiro atoms. The fourth-order valence-electron chi connectivity index (χ4n) is 2.98. The van der Waals surface area contributed by atoms with Crippen LogP contribution in [0.1, 0.15) is 0 Å². The molecule has 0 aliphatic carbocycles. The van der Waals surface area contributed by atoms with E-state index in [9.17, 15) is 18.0 Å². The maximum atomic E-state index is 13.0. The summed E-state index contributed by atoms with van der Waals surface area (Å²) in [5.41, 5.74) is 0.229. The summed E-state index contributed by atoms with van der Waals surface area (Å²) in [7, 11) is 0. The van der Waals surface area contributed by atoms with Crippen LogP contribution in [0.3, 0.4) is 0 Å². The Bertz CT molecular complexity index is 1200. The minimum atomic E-state index is -4.52. The molecule has 0 aliphatic rings. The molecular weight excluding hydrogens is 369 g/mol. The number of nitrogens with zero attached hydrogens (tertiary/aromatic N) is 4. The lowest BCUT2D eigenvalue weighted by Crippen LogP contribution is -2.28. The third-order valence-corrected chi connectivity index (χ3v) is 4.29. The van der Waals surface area contributed by atoms with Gasteiger partial charge in [-0.1, -0.05) is 29.8 Å². The number of rotatable bonds is 2.